The monoisotopic (exact) mass is 415 g/mol. The SMILES string of the molecule is CC(NS(=O)(=O)c1cc(Cl)c(Br)s1)c1cc(F)ccc1F. The minimum atomic E-state index is -3.87. The van der Waals surface area contributed by atoms with Gasteiger partial charge in [-0.2, -0.15) is 0 Å². The van der Waals surface area contributed by atoms with Crippen molar-refractivity contribution in [3.63, 3.8) is 0 Å². The first kappa shape index (κ1) is 16.8. The molecule has 0 saturated heterocycles. The molecule has 0 spiro atoms. The molecule has 2 aromatic rings. The minimum absolute atomic E-state index is 0.0111. The van der Waals surface area contributed by atoms with Gasteiger partial charge in [-0.1, -0.05) is 11.6 Å². The molecule has 0 amide bonds. The van der Waals surface area contributed by atoms with E-state index < -0.39 is 27.7 Å². The Morgan fingerprint density at radius 2 is 2.00 bits per heavy atom. The molecule has 0 radical (unpaired) electrons. The van der Waals surface area contributed by atoms with Crippen LogP contribution in [0.1, 0.15) is 18.5 Å². The fraction of sp³-hybridized carbons (Fsp3) is 0.167. The van der Waals surface area contributed by atoms with Gasteiger partial charge in [-0.25, -0.2) is 21.9 Å². The molecule has 0 aliphatic carbocycles. The normalized spacial score (nSPS) is 13.4. The Morgan fingerprint density at radius 1 is 1.33 bits per heavy atom. The molecular weight excluding hydrogens is 408 g/mol. The highest BCUT2D eigenvalue weighted by molar-refractivity contribution is 9.11. The third kappa shape index (κ3) is 3.81. The lowest BCUT2D eigenvalue weighted by Crippen LogP contribution is -2.27. The first-order chi connectivity index (χ1) is 9.70. The van der Waals surface area contributed by atoms with Crippen LogP contribution in [0.5, 0.6) is 0 Å². The van der Waals surface area contributed by atoms with Crippen LogP contribution in [0.4, 0.5) is 8.78 Å². The van der Waals surface area contributed by atoms with Crippen LogP contribution in [0, 0.1) is 11.6 Å². The van der Waals surface area contributed by atoms with Crippen LogP contribution < -0.4 is 4.72 Å². The van der Waals surface area contributed by atoms with E-state index >= 15 is 0 Å². The van der Waals surface area contributed by atoms with Crippen LogP contribution in [0.3, 0.4) is 0 Å². The van der Waals surface area contributed by atoms with Crippen molar-refractivity contribution >= 4 is 48.9 Å². The van der Waals surface area contributed by atoms with Gasteiger partial charge in [0.15, 0.2) is 0 Å². The molecule has 114 valence electrons. The highest BCUT2D eigenvalue weighted by Crippen LogP contribution is 2.35. The zero-order chi connectivity index (χ0) is 15.8. The van der Waals surface area contributed by atoms with E-state index in [1.165, 1.54) is 13.0 Å². The number of thiophene rings is 1. The van der Waals surface area contributed by atoms with Gasteiger partial charge in [-0.3, -0.25) is 0 Å². The summed E-state index contributed by atoms with van der Waals surface area (Å²) in [6, 6.07) is 3.24. The summed E-state index contributed by atoms with van der Waals surface area (Å²) in [7, 11) is -3.87. The van der Waals surface area contributed by atoms with Crippen LogP contribution >= 0.6 is 38.9 Å². The molecule has 1 N–H and O–H groups in total. The third-order valence-electron chi connectivity index (χ3n) is 2.64. The lowest BCUT2D eigenvalue weighted by molar-refractivity contribution is 0.542. The van der Waals surface area contributed by atoms with E-state index in [4.69, 9.17) is 11.6 Å². The molecule has 1 atom stereocenters. The molecular formula is C12H9BrClF2NO2S2. The largest absolute Gasteiger partial charge is 0.250 e. The maximum Gasteiger partial charge on any atom is 0.250 e. The summed E-state index contributed by atoms with van der Waals surface area (Å²) in [5.74, 6) is -1.32. The molecule has 0 saturated carbocycles. The van der Waals surface area contributed by atoms with E-state index in [0.29, 0.717) is 3.79 Å². The second kappa shape index (κ2) is 6.29. The predicted octanol–water partition coefficient (Wildman–Crippen LogP) is 4.48. The molecule has 0 aliphatic rings. The quantitative estimate of drug-likeness (QED) is 0.798. The summed E-state index contributed by atoms with van der Waals surface area (Å²) in [5.41, 5.74) is -0.0692. The van der Waals surface area contributed by atoms with Crippen LogP contribution in [0.25, 0.3) is 0 Å². The summed E-state index contributed by atoms with van der Waals surface area (Å²) in [4.78, 5) is 0. The highest BCUT2D eigenvalue weighted by atomic mass is 79.9. The summed E-state index contributed by atoms with van der Waals surface area (Å²) in [5, 5.41) is 0.268. The minimum Gasteiger partial charge on any atom is -0.207 e. The van der Waals surface area contributed by atoms with Crippen molar-refractivity contribution in [2.75, 3.05) is 0 Å². The van der Waals surface area contributed by atoms with Gasteiger partial charge in [0, 0.05) is 11.6 Å². The molecule has 0 aliphatic heterocycles. The summed E-state index contributed by atoms with van der Waals surface area (Å²) in [6.07, 6.45) is 0. The number of sulfonamides is 1. The van der Waals surface area contributed by atoms with E-state index in [-0.39, 0.29) is 14.8 Å². The van der Waals surface area contributed by atoms with Crippen LogP contribution in [0.15, 0.2) is 32.3 Å². The highest BCUT2D eigenvalue weighted by Gasteiger charge is 2.23. The van der Waals surface area contributed by atoms with Gasteiger partial charge >= 0.3 is 0 Å². The number of nitrogens with one attached hydrogen (secondary N) is 1. The topological polar surface area (TPSA) is 46.2 Å². The van der Waals surface area contributed by atoms with Crippen LogP contribution in [0.2, 0.25) is 5.02 Å². The Hall–Kier alpha value is -0.540. The smallest absolute Gasteiger partial charge is 0.207 e. The number of hydrogen-bond acceptors (Lipinski definition) is 3. The standard InChI is InChI=1S/C12H9BrClF2NO2S2/c1-6(8-4-7(15)2-3-10(8)16)17-21(18,19)11-5-9(14)12(13)20-11/h2-6,17H,1H3. The van der Waals surface area contributed by atoms with Gasteiger partial charge in [-0.15, -0.1) is 11.3 Å². The van der Waals surface area contributed by atoms with Crippen LogP contribution in [-0.4, -0.2) is 8.42 Å². The molecule has 0 fully saturated rings. The first-order valence-electron chi connectivity index (χ1n) is 5.63. The Kier molecular flexibility index (Phi) is 5.04. The average Bonchev–Trinajstić information content (AvgIpc) is 2.73. The van der Waals surface area contributed by atoms with Crippen molar-refractivity contribution in [1.82, 2.24) is 4.72 Å². The van der Waals surface area contributed by atoms with Gasteiger partial charge in [0.25, 0.3) is 10.0 Å². The predicted molar refractivity (Wildman–Crippen MR) is 82.1 cm³/mol. The zero-order valence-corrected chi connectivity index (χ0v) is 14.5. The Balaban J connectivity index is 2.29. The maximum absolute atomic E-state index is 13.6. The Morgan fingerprint density at radius 3 is 2.57 bits per heavy atom. The van der Waals surface area contributed by atoms with E-state index in [0.717, 1.165) is 29.5 Å². The average molecular weight is 417 g/mol. The van der Waals surface area contributed by atoms with Crippen LogP contribution in [-0.2, 0) is 10.0 Å². The number of benzene rings is 1. The number of hydrogen-bond donors (Lipinski definition) is 1. The van der Waals surface area contributed by atoms with Crippen molar-refractivity contribution in [2.45, 2.75) is 17.2 Å². The molecule has 1 aromatic heterocycles. The van der Waals surface area contributed by atoms with Gasteiger partial charge in [0.2, 0.25) is 0 Å². The fourth-order valence-electron chi connectivity index (χ4n) is 1.66. The summed E-state index contributed by atoms with van der Waals surface area (Å²) in [6.45, 7) is 1.43. The molecule has 1 heterocycles. The fourth-order valence-corrected chi connectivity index (χ4v) is 5.30. The third-order valence-corrected chi connectivity index (χ3v) is 7.13. The van der Waals surface area contributed by atoms with E-state index in [9.17, 15) is 17.2 Å². The molecule has 1 unspecified atom stereocenters. The number of halogens is 4. The first-order valence-corrected chi connectivity index (χ1v) is 9.10. The van der Waals surface area contributed by atoms with Crippen molar-refractivity contribution in [3.8, 4) is 0 Å². The zero-order valence-electron chi connectivity index (χ0n) is 10.5. The second-order valence-electron chi connectivity index (χ2n) is 4.20. The Labute approximate surface area is 138 Å². The Bertz CT molecular complexity index is 760. The lowest BCUT2D eigenvalue weighted by atomic mass is 10.1. The van der Waals surface area contributed by atoms with Gasteiger partial charge in [0.1, 0.15) is 15.8 Å². The number of rotatable bonds is 4. The molecule has 0 bridgehead atoms. The van der Waals surface area contributed by atoms with Crippen molar-refractivity contribution in [2.24, 2.45) is 0 Å². The molecule has 9 heteroatoms. The molecule has 2 rings (SSSR count). The van der Waals surface area contributed by atoms with E-state index in [1.807, 2.05) is 0 Å². The lowest BCUT2D eigenvalue weighted by Gasteiger charge is -2.14. The summed E-state index contributed by atoms with van der Waals surface area (Å²) >= 11 is 9.85. The maximum atomic E-state index is 13.6. The van der Waals surface area contributed by atoms with Gasteiger partial charge in [0.05, 0.1) is 8.81 Å². The molecule has 1 aromatic carbocycles. The van der Waals surface area contributed by atoms with Crippen molar-refractivity contribution in [3.05, 3.63) is 50.3 Å². The van der Waals surface area contributed by atoms with E-state index in [2.05, 4.69) is 20.7 Å². The second-order valence-corrected chi connectivity index (χ2v) is 8.91. The molecule has 3 nitrogen and oxygen atoms in total. The van der Waals surface area contributed by atoms with Crippen molar-refractivity contribution in [1.29, 1.82) is 0 Å². The van der Waals surface area contributed by atoms with Crippen molar-refractivity contribution < 1.29 is 17.2 Å². The van der Waals surface area contributed by atoms with Gasteiger partial charge in [-0.05, 0) is 47.1 Å². The molecule has 21 heavy (non-hydrogen) atoms. The van der Waals surface area contributed by atoms with Gasteiger partial charge < -0.3 is 0 Å². The van der Waals surface area contributed by atoms with E-state index in [1.54, 1.807) is 0 Å². The summed E-state index contributed by atoms with van der Waals surface area (Å²) < 4.78 is 53.9.